The van der Waals surface area contributed by atoms with E-state index in [0.717, 1.165) is 0 Å². The van der Waals surface area contributed by atoms with Gasteiger partial charge in [0.05, 0.1) is 17.7 Å². The van der Waals surface area contributed by atoms with Crippen LogP contribution >= 0.6 is 0 Å². The van der Waals surface area contributed by atoms with Crippen LogP contribution in [0.1, 0.15) is 41.5 Å². The highest BCUT2D eigenvalue weighted by Gasteiger charge is 2.25. The van der Waals surface area contributed by atoms with Crippen LogP contribution in [0.2, 0.25) is 0 Å². The molecule has 1 N–H and O–H groups in total. The monoisotopic (exact) mass is 293 g/mol. The smallest absolute Gasteiger partial charge is 0.336 e. The largest absolute Gasteiger partial charge is 0.478 e. The summed E-state index contributed by atoms with van der Waals surface area (Å²) < 4.78 is 4.84. The zero-order valence-corrected chi connectivity index (χ0v) is 12.3. The fourth-order valence-electron chi connectivity index (χ4n) is 1.85. The van der Waals surface area contributed by atoms with Crippen molar-refractivity contribution in [2.45, 2.75) is 26.8 Å². The number of carboxylic acid groups (broad SMARTS) is 1. The van der Waals surface area contributed by atoms with Crippen molar-refractivity contribution >= 4 is 17.8 Å². The van der Waals surface area contributed by atoms with Gasteiger partial charge in [-0.2, -0.15) is 0 Å². The molecule has 0 saturated heterocycles. The molecule has 0 bridgehead atoms. The first-order valence-corrected chi connectivity index (χ1v) is 6.67. The fourth-order valence-corrected chi connectivity index (χ4v) is 1.85. The molecule has 0 unspecified atom stereocenters. The predicted octanol–water partition coefficient (Wildman–Crippen LogP) is 1.80. The van der Waals surface area contributed by atoms with Crippen molar-refractivity contribution in [2.75, 3.05) is 13.2 Å². The molecule has 0 radical (unpaired) electrons. The number of carbonyl (C=O) groups is 3. The summed E-state index contributed by atoms with van der Waals surface area (Å²) in [5.74, 6) is -2.21. The molecule has 1 amide bonds. The molecule has 1 aromatic rings. The van der Waals surface area contributed by atoms with E-state index in [9.17, 15) is 14.4 Å². The quantitative estimate of drug-likeness (QED) is 0.808. The number of carboxylic acids is 1. The van der Waals surface area contributed by atoms with Gasteiger partial charge in [-0.25, -0.2) is 4.79 Å². The summed E-state index contributed by atoms with van der Waals surface area (Å²) in [4.78, 5) is 36.6. The molecular weight excluding hydrogens is 274 g/mol. The molecule has 0 aliphatic rings. The summed E-state index contributed by atoms with van der Waals surface area (Å²) in [7, 11) is 0. The third-order valence-electron chi connectivity index (χ3n) is 2.88. The lowest BCUT2D eigenvalue weighted by molar-refractivity contribution is -0.144. The third kappa shape index (κ3) is 4.30. The van der Waals surface area contributed by atoms with Crippen molar-refractivity contribution in [2.24, 2.45) is 0 Å². The lowest BCUT2D eigenvalue weighted by Crippen LogP contribution is -2.41. The van der Waals surface area contributed by atoms with Crippen LogP contribution in [-0.4, -0.2) is 47.0 Å². The molecule has 0 aliphatic heterocycles. The predicted molar refractivity (Wildman–Crippen MR) is 76.2 cm³/mol. The van der Waals surface area contributed by atoms with Crippen molar-refractivity contribution in [3.63, 3.8) is 0 Å². The van der Waals surface area contributed by atoms with Gasteiger partial charge in [-0.3, -0.25) is 9.59 Å². The summed E-state index contributed by atoms with van der Waals surface area (Å²) in [5.41, 5.74) is -0.0278. The van der Waals surface area contributed by atoms with Crippen molar-refractivity contribution in [3.8, 4) is 0 Å². The second-order valence-electron chi connectivity index (χ2n) is 4.68. The minimum Gasteiger partial charge on any atom is -0.478 e. The first-order valence-electron chi connectivity index (χ1n) is 6.67. The maximum absolute atomic E-state index is 12.5. The summed E-state index contributed by atoms with van der Waals surface area (Å²) in [5, 5.41) is 9.14. The van der Waals surface area contributed by atoms with Crippen LogP contribution in [0.4, 0.5) is 0 Å². The molecule has 0 atom stereocenters. The van der Waals surface area contributed by atoms with Gasteiger partial charge in [0, 0.05) is 6.04 Å². The van der Waals surface area contributed by atoms with E-state index in [-0.39, 0.29) is 30.3 Å². The van der Waals surface area contributed by atoms with Gasteiger partial charge in [-0.15, -0.1) is 0 Å². The molecule has 21 heavy (non-hydrogen) atoms. The molecule has 114 valence electrons. The van der Waals surface area contributed by atoms with E-state index >= 15 is 0 Å². The van der Waals surface area contributed by atoms with Crippen LogP contribution in [0.15, 0.2) is 24.3 Å². The number of carbonyl (C=O) groups excluding carboxylic acids is 2. The van der Waals surface area contributed by atoms with E-state index in [1.807, 2.05) is 0 Å². The molecule has 0 spiro atoms. The highest BCUT2D eigenvalue weighted by Crippen LogP contribution is 2.14. The Balaban J connectivity index is 3.07. The first kappa shape index (κ1) is 16.7. The van der Waals surface area contributed by atoms with Gasteiger partial charge in [0.25, 0.3) is 5.91 Å². The maximum atomic E-state index is 12.5. The van der Waals surface area contributed by atoms with E-state index in [1.165, 1.54) is 17.0 Å². The Morgan fingerprint density at radius 2 is 1.76 bits per heavy atom. The second-order valence-corrected chi connectivity index (χ2v) is 4.68. The SMILES string of the molecule is CCOC(=O)CN(C(=O)c1ccccc1C(=O)O)C(C)C. The average molecular weight is 293 g/mol. The highest BCUT2D eigenvalue weighted by atomic mass is 16.5. The number of nitrogens with zero attached hydrogens (tertiary/aromatic N) is 1. The summed E-state index contributed by atoms with van der Waals surface area (Å²) in [6, 6.07) is 5.67. The number of hydrogen-bond donors (Lipinski definition) is 1. The minimum absolute atomic E-state index is 0.0583. The molecule has 0 saturated carbocycles. The number of amides is 1. The number of benzene rings is 1. The van der Waals surface area contributed by atoms with Gasteiger partial charge in [-0.1, -0.05) is 12.1 Å². The third-order valence-corrected chi connectivity index (χ3v) is 2.88. The molecule has 6 nitrogen and oxygen atoms in total. The Hall–Kier alpha value is -2.37. The number of rotatable bonds is 6. The van der Waals surface area contributed by atoms with Gasteiger partial charge >= 0.3 is 11.9 Å². The Kier molecular flexibility index (Phi) is 5.90. The summed E-state index contributed by atoms with van der Waals surface area (Å²) in [6.07, 6.45) is 0. The highest BCUT2D eigenvalue weighted by molar-refractivity contribution is 6.05. The Morgan fingerprint density at radius 1 is 1.19 bits per heavy atom. The van der Waals surface area contributed by atoms with E-state index in [1.54, 1.807) is 32.9 Å². The fraction of sp³-hybridized carbons (Fsp3) is 0.400. The first-order chi connectivity index (χ1) is 9.88. The van der Waals surface area contributed by atoms with E-state index in [2.05, 4.69) is 0 Å². The Bertz CT molecular complexity index is 539. The molecule has 0 aliphatic carbocycles. The number of esters is 1. The van der Waals surface area contributed by atoms with Crippen LogP contribution in [0.3, 0.4) is 0 Å². The molecule has 0 fully saturated rings. The van der Waals surface area contributed by atoms with Crippen molar-refractivity contribution in [1.82, 2.24) is 4.90 Å². The van der Waals surface area contributed by atoms with Crippen molar-refractivity contribution in [3.05, 3.63) is 35.4 Å². The van der Waals surface area contributed by atoms with Gasteiger partial charge in [0.1, 0.15) is 6.54 Å². The lowest BCUT2D eigenvalue weighted by Gasteiger charge is -2.26. The van der Waals surface area contributed by atoms with Crippen molar-refractivity contribution in [1.29, 1.82) is 0 Å². The molecule has 1 aromatic carbocycles. The van der Waals surface area contributed by atoms with Gasteiger partial charge in [0.2, 0.25) is 0 Å². The van der Waals surface area contributed by atoms with Crippen LogP contribution in [0, 0.1) is 0 Å². The zero-order chi connectivity index (χ0) is 16.0. The zero-order valence-electron chi connectivity index (χ0n) is 12.3. The minimum atomic E-state index is -1.18. The average Bonchev–Trinajstić information content (AvgIpc) is 2.44. The number of aromatic carboxylic acids is 1. The van der Waals surface area contributed by atoms with Crippen LogP contribution in [-0.2, 0) is 9.53 Å². The standard InChI is InChI=1S/C15H19NO5/c1-4-21-13(17)9-16(10(2)3)14(18)11-7-5-6-8-12(11)15(19)20/h5-8,10H,4,9H2,1-3H3,(H,19,20). The summed E-state index contributed by atoms with van der Waals surface area (Å²) in [6.45, 7) is 5.20. The Labute approximate surface area is 123 Å². The molecular formula is C15H19NO5. The van der Waals surface area contributed by atoms with E-state index in [4.69, 9.17) is 9.84 Å². The van der Waals surface area contributed by atoms with Crippen molar-refractivity contribution < 1.29 is 24.2 Å². The second kappa shape index (κ2) is 7.42. The van der Waals surface area contributed by atoms with Gasteiger partial charge in [0.15, 0.2) is 0 Å². The summed E-state index contributed by atoms with van der Waals surface area (Å²) >= 11 is 0. The Morgan fingerprint density at radius 3 is 2.24 bits per heavy atom. The van der Waals surface area contributed by atoms with E-state index in [0.29, 0.717) is 0 Å². The van der Waals surface area contributed by atoms with Gasteiger partial charge < -0.3 is 14.7 Å². The van der Waals surface area contributed by atoms with E-state index < -0.39 is 17.8 Å². The normalized spacial score (nSPS) is 10.3. The maximum Gasteiger partial charge on any atom is 0.336 e. The van der Waals surface area contributed by atoms with Crippen LogP contribution < -0.4 is 0 Å². The van der Waals surface area contributed by atoms with Crippen LogP contribution in [0.25, 0.3) is 0 Å². The number of hydrogen-bond acceptors (Lipinski definition) is 4. The molecule has 6 heteroatoms. The topological polar surface area (TPSA) is 83.9 Å². The molecule has 1 rings (SSSR count). The number of ether oxygens (including phenoxy) is 1. The molecule has 0 aromatic heterocycles. The lowest BCUT2D eigenvalue weighted by atomic mass is 10.1. The van der Waals surface area contributed by atoms with Crippen LogP contribution in [0.5, 0.6) is 0 Å². The van der Waals surface area contributed by atoms with Gasteiger partial charge in [-0.05, 0) is 32.9 Å². The molecule has 0 heterocycles.